The Morgan fingerprint density at radius 2 is 2.25 bits per heavy atom. The van der Waals surface area contributed by atoms with E-state index in [1.165, 1.54) is 11.1 Å². The third kappa shape index (κ3) is 4.05. The summed E-state index contributed by atoms with van der Waals surface area (Å²) < 4.78 is 5.56. The van der Waals surface area contributed by atoms with E-state index in [1.54, 1.807) is 0 Å². The standard InChI is InChI=1S/C12H15Cl2NO/c1-9-2-3-12(10(6-9)4-5-15)16-8-11(14)7-13/h2-3,6-7H,4-5,8,15H2,1H3. The summed E-state index contributed by atoms with van der Waals surface area (Å²) in [7, 11) is 0. The van der Waals surface area contributed by atoms with Crippen LogP contribution in [0.15, 0.2) is 28.8 Å². The lowest BCUT2D eigenvalue weighted by atomic mass is 10.1. The average molecular weight is 260 g/mol. The molecule has 16 heavy (non-hydrogen) atoms. The molecule has 0 amide bonds. The first-order valence-corrected chi connectivity index (χ1v) is 5.86. The molecule has 0 aromatic heterocycles. The Balaban J connectivity index is 2.77. The lowest BCUT2D eigenvalue weighted by Crippen LogP contribution is -2.06. The van der Waals surface area contributed by atoms with Gasteiger partial charge in [0.1, 0.15) is 12.4 Å². The maximum Gasteiger partial charge on any atom is 0.125 e. The van der Waals surface area contributed by atoms with Gasteiger partial charge in [-0.3, -0.25) is 0 Å². The van der Waals surface area contributed by atoms with Gasteiger partial charge in [-0.2, -0.15) is 0 Å². The molecule has 1 aromatic rings. The van der Waals surface area contributed by atoms with Gasteiger partial charge in [-0.25, -0.2) is 0 Å². The number of rotatable bonds is 5. The van der Waals surface area contributed by atoms with Crippen molar-refractivity contribution in [2.45, 2.75) is 13.3 Å². The van der Waals surface area contributed by atoms with Crippen LogP contribution in [0.3, 0.4) is 0 Å². The van der Waals surface area contributed by atoms with Crippen molar-refractivity contribution in [3.8, 4) is 5.75 Å². The topological polar surface area (TPSA) is 35.2 Å². The van der Waals surface area contributed by atoms with E-state index >= 15 is 0 Å². The molecule has 0 bridgehead atoms. The minimum absolute atomic E-state index is 0.283. The number of hydrogen-bond donors (Lipinski definition) is 1. The summed E-state index contributed by atoms with van der Waals surface area (Å²) in [6.45, 7) is 2.92. The first-order chi connectivity index (χ1) is 7.67. The normalized spacial score (nSPS) is 11.6. The van der Waals surface area contributed by atoms with E-state index in [0.29, 0.717) is 11.6 Å². The molecule has 0 heterocycles. The van der Waals surface area contributed by atoms with Crippen LogP contribution in [0, 0.1) is 6.92 Å². The summed E-state index contributed by atoms with van der Waals surface area (Å²) in [6, 6.07) is 5.99. The van der Waals surface area contributed by atoms with Crippen molar-refractivity contribution in [2.24, 2.45) is 5.73 Å². The Kier molecular flexibility index (Phi) is 5.67. The molecule has 0 radical (unpaired) electrons. The second-order valence-electron chi connectivity index (χ2n) is 3.49. The fourth-order valence-corrected chi connectivity index (χ4v) is 1.50. The molecule has 0 aliphatic heterocycles. The van der Waals surface area contributed by atoms with Crippen molar-refractivity contribution < 1.29 is 4.74 Å². The van der Waals surface area contributed by atoms with Crippen molar-refractivity contribution >= 4 is 23.2 Å². The Labute approximate surface area is 106 Å². The lowest BCUT2D eigenvalue weighted by Gasteiger charge is -2.11. The summed E-state index contributed by atoms with van der Waals surface area (Å²) >= 11 is 11.2. The molecule has 1 rings (SSSR count). The number of aryl methyl sites for hydroxylation is 1. The van der Waals surface area contributed by atoms with Crippen LogP contribution in [0.25, 0.3) is 0 Å². The maximum absolute atomic E-state index is 5.76. The van der Waals surface area contributed by atoms with Crippen LogP contribution in [0.1, 0.15) is 11.1 Å². The number of halogens is 2. The zero-order valence-electron chi connectivity index (χ0n) is 9.17. The fraction of sp³-hybridized carbons (Fsp3) is 0.333. The second-order valence-corrected chi connectivity index (χ2v) is 4.20. The predicted octanol–water partition coefficient (Wildman–Crippen LogP) is 3.19. The first-order valence-electron chi connectivity index (χ1n) is 5.04. The van der Waals surface area contributed by atoms with Gasteiger partial charge in [0.2, 0.25) is 0 Å². The van der Waals surface area contributed by atoms with Gasteiger partial charge in [0.05, 0.1) is 5.03 Å². The van der Waals surface area contributed by atoms with E-state index < -0.39 is 0 Å². The quantitative estimate of drug-likeness (QED) is 0.882. The average Bonchev–Trinajstić information content (AvgIpc) is 2.28. The highest BCUT2D eigenvalue weighted by atomic mass is 35.5. The Morgan fingerprint density at radius 3 is 2.88 bits per heavy atom. The molecule has 2 nitrogen and oxygen atoms in total. The van der Waals surface area contributed by atoms with Gasteiger partial charge >= 0.3 is 0 Å². The van der Waals surface area contributed by atoms with E-state index in [0.717, 1.165) is 17.7 Å². The van der Waals surface area contributed by atoms with E-state index in [2.05, 4.69) is 6.07 Å². The van der Waals surface area contributed by atoms with Gasteiger partial charge in [-0.05, 0) is 31.5 Å². The Bertz CT molecular complexity index is 377. The lowest BCUT2D eigenvalue weighted by molar-refractivity contribution is 0.355. The van der Waals surface area contributed by atoms with Gasteiger partial charge in [0.15, 0.2) is 0 Å². The zero-order valence-corrected chi connectivity index (χ0v) is 10.7. The van der Waals surface area contributed by atoms with Gasteiger partial charge in [0.25, 0.3) is 0 Å². The molecule has 4 heteroatoms. The Morgan fingerprint density at radius 1 is 1.50 bits per heavy atom. The summed E-state index contributed by atoms with van der Waals surface area (Å²) in [5.41, 5.74) is 9.14. The highest BCUT2D eigenvalue weighted by Crippen LogP contribution is 2.21. The summed E-state index contributed by atoms with van der Waals surface area (Å²) in [5, 5.41) is 0.473. The molecule has 0 atom stereocenters. The molecule has 0 unspecified atom stereocenters. The third-order valence-corrected chi connectivity index (χ3v) is 2.71. The molecule has 2 N–H and O–H groups in total. The summed E-state index contributed by atoms with van der Waals surface area (Å²) in [5.74, 6) is 0.813. The number of nitrogens with two attached hydrogens (primary N) is 1. The van der Waals surface area contributed by atoms with Crippen molar-refractivity contribution in [3.63, 3.8) is 0 Å². The molecule has 1 aromatic carbocycles. The van der Waals surface area contributed by atoms with Gasteiger partial charge in [-0.1, -0.05) is 40.9 Å². The summed E-state index contributed by atoms with van der Waals surface area (Å²) in [4.78, 5) is 0. The van der Waals surface area contributed by atoms with Crippen LogP contribution in [-0.2, 0) is 6.42 Å². The second kappa shape index (κ2) is 6.79. The molecule has 0 saturated heterocycles. The van der Waals surface area contributed by atoms with E-state index in [1.807, 2.05) is 19.1 Å². The van der Waals surface area contributed by atoms with Crippen LogP contribution in [-0.4, -0.2) is 13.2 Å². The van der Waals surface area contributed by atoms with Crippen LogP contribution in [0.2, 0.25) is 0 Å². The molecular weight excluding hydrogens is 245 g/mol. The highest BCUT2D eigenvalue weighted by molar-refractivity contribution is 6.36. The molecule has 0 fully saturated rings. The largest absolute Gasteiger partial charge is 0.488 e. The molecular formula is C12H15Cl2NO. The SMILES string of the molecule is Cc1ccc(OCC(Cl)=CCl)c(CCN)c1. The minimum Gasteiger partial charge on any atom is -0.488 e. The molecule has 0 aliphatic rings. The third-order valence-electron chi connectivity index (χ3n) is 2.11. The molecule has 0 aliphatic carbocycles. The van der Waals surface area contributed by atoms with Crippen molar-refractivity contribution in [2.75, 3.05) is 13.2 Å². The smallest absolute Gasteiger partial charge is 0.125 e. The summed E-state index contributed by atoms with van der Waals surface area (Å²) in [6.07, 6.45) is 0.791. The van der Waals surface area contributed by atoms with Crippen molar-refractivity contribution in [1.29, 1.82) is 0 Å². The van der Waals surface area contributed by atoms with Gasteiger partial charge in [-0.15, -0.1) is 0 Å². The fourth-order valence-electron chi connectivity index (χ4n) is 1.38. The molecule has 88 valence electrons. The monoisotopic (exact) mass is 259 g/mol. The van der Waals surface area contributed by atoms with E-state index in [-0.39, 0.29) is 6.61 Å². The molecule has 0 saturated carbocycles. The van der Waals surface area contributed by atoms with Crippen molar-refractivity contribution in [3.05, 3.63) is 39.9 Å². The Hall–Kier alpha value is -0.700. The van der Waals surface area contributed by atoms with Crippen molar-refractivity contribution in [1.82, 2.24) is 0 Å². The minimum atomic E-state index is 0.283. The van der Waals surface area contributed by atoms with Crippen LogP contribution < -0.4 is 10.5 Å². The van der Waals surface area contributed by atoms with Gasteiger partial charge in [0, 0.05) is 5.54 Å². The van der Waals surface area contributed by atoms with Crippen LogP contribution >= 0.6 is 23.2 Å². The zero-order chi connectivity index (χ0) is 12.0. The predicted molar refractivity (Wildman–Crippen MR) is 69.2 cm³/mol. The molecule has 0 spiro atoms. The number of benzene rings is 1. The van der Waals surface area contributed by atoms with E-state index in [4.69, 9.17) is 33.7 Å². The maximum atomic E-state index is 5.76. The number of ether oxygens (including phenoxy) is 1. The highest BCUT2D eigenvalue weighted by Gasteiger charge is 2.04. The number of hydrogen-bond acceptors (Lipinski definition) is 2. The van der Waals surface area contributed by atoms with Gasteiger partial charge < -0.3 is 10.5 Å². The van der Waals surface area contributed by atoms with Crippen LogP contribution in [0.5, 0.6) is 5.75 Å². The first kappa shape index (κ1) is 13.4. The van der Waals surface area contributed by atoms with E-state index in [9.17, 15) is 0 Å². The van der Waals surface area contributed by atoms with Crippen LogP contribution in [0.4, 0.5) is 0 Å².